The zero-order chi connectivity index (χ0) is 15.7. The second kappa shape index (κ2) is 5.87. The van der Waals surface area contributed by atoms with E-state index in [0.717, 1.165) is 22.3 Å². The predicted molar refractivity (Wildman–Crippen MR) is 81.2 cm³/mol. The third kappa shape index (κ3) is 2.86. The Balaban J connectivity index is 1.67. The van der Waals surface area contributed by atoms with Gasteiger partial charge in [-0.15, -0.1) is 0 Å². The van der Waals surface area contributed by atoms with Gasteiger partial charge in [-0.2, -0.15) is 0 Å². The van der Waals surface area contributed by atoms with Gasteiger partial charge >= 0.3 is 0 Å². The number of carbonyl (C=O) groups excluding carboxylic acids is 1. The molecule has 1 N–H and O–H groups in total. The lowest BCUT2D eigenvalue weighted by atomic mass is 9.98. The van der Waals surface area contributed by atoms with Gasteiger partial charge in [-0.1, -0.05) is 18.2 Å². The summed E-state index contributed by atoms with van der Waals surface area (Å²) in [6, 6.07) is 9.89. The Morgan fingerprint density at radius 3 is 2.86 bits per heavy atom. The van der Waals surface area contributed by atoms with E-state index in [1.165, 1.54) is 0 Å². The van der Waals surface area contributed by atoms with Crippen molar-refractivity contribution in [2.75, 3.05) is 24.5 Å². The number of pyridine rings is 1. The van der Waals surface area contributed by atoms with Crippen LogP contribution >= 0.6 is 0 Å². The highest BCUT2D eigenvalue weighted by molar-refractivity contribution is 5.85. The first-order chi connectivity index (χ1) is 10.5. The Bertz CT molecular complexity index is 699. The number of amides is 1. The molecule has 1 fully saturated rings. The Labute approximate surface area is 127 Å². The van der Waals surface area contributed by atoms with Crippen LogP contribution in [0.5, 0.6) is 0 Å². The van der Waals surface area contributed by atoms with Crippen LogP contribution in [0.4, 0.5) is 14.6 Å². The lowest BCUT2D eigenvalue weighted by molar-refractivity contribution is -0.126. The summed E-state index contributed by atoms with van der Waals surface area (Å²) in [6.45, 7) is 2.47. The lowest BCUT2D eigenvalue weighted by Crippen LogP contribution is -2.54. The molecule has 1 saturated heterocycles. The fraction of sp³-hybridized carbons (Fsp3) is 0.375. The number of benzene rings is 1. The molecule has 4 nitrogen and oxygen atoms in total. The van der Waals surface area contributed by atoms with Gasteiger partial charge in [-0.3, -0.25) is 4.79 Å². The number of nitrogens with zero attached hydrogens (tertiary/aromatic N) is 2. The Morgan fingerprint density at radius 1 is 1.41 bits per heavy atom. The van der Waals surface area contributed by atoms with Crippen molar-refractivity contribution in [2.45, 2.75) is 13.3 Å². The topological polar surface area (TPSA) is 45.2 Å². The van der Waals surface area contributed by atoms with Crippen LogP contribution in [0.1, 0.15) is 5.56 Å². The number of aryl methyl sites for hydroxylation is 1. The van der Waals surface area contributed by atoms with Crippen LogP contribution in [-0.2, 0) is 4.79 Å². The number of carbonyl (C=O) groups is 1. The maximum Gasteiger partial charge on any atom is 0.255 e. The minimum absolute atomic E-state index is 0.243. The van der Waals surface area contributed by atoms with E-state index in [1.54, 1.807) is 0 Å². The summed E-state index contributed by atoms with van der Waals surface area (Å²) < 4.78 is 24.2. The van der Waals surface area contributed by atoms with Gasteiger partial charge in [0.25, 0.3) is 6.43 Å². The van der Waals surface area contributed by atoms with Crippen molar-refractivity contribution < 1.29 is 13.6 Å². The van der Waals surface area contributed by atoms with Gasteiger partial charge in [0.05, 0.1) is 18.0 Å². The van der Waals surface area contributed by atoms with Gasteiger partial charge in [-0.25, -0.2) is 13.8 Å². The summed E-state index contributed by atoms with van der Waals surface area (Å²) >= 11 is 0. The molecule has 6 heteroatoms. The molecule has 0 atom stereocenters. The molecule has 0 radical (unpaired) electrons. The normalized spacial score (nSPS) is 15.2. The molecule has 0 saturated carbocycles. The summed E-state index contributed by atoms with van der Waals surface area (Å²) in [5.41, 5.74) is 2.05. The molecule has 2 aromatic rings. The van der Waals surface area contributed by atoms with Crippen molar-refractivity contribution in [1.82, 2.24) is 10.3 Å². The van der Waals surface area contributed by atoms with E-state index in [2.05, 4.69) is 10.3 Å². The Kier molecular flexibility index (Phi) is 3.92. The quantitative estimate of drug-likeness (QED) is 0.943. The van der Waals surface area contributed by atoms with E-state index in [0.29, 0.717) is 13.1 Å². The van der Waals surface area contributed by atoms with Crippen LogP contribution in [0.25, 0.3) is 10.9 Å². The Morgan fingerprint density at radius 2 is 2.14 bits per heavy atom. The zero-order valence-electron chi connectivity index (χ0n) is 12.2. The fourth-order valence-electron chi connectivity index (χ4n) is 2.65. The van der Waals surface area contributed by atoms with Crippen LogP contribution in [0.15, 0.2) is 30.3 Å². The van der Waals surface area contributed by atoms with Crippen molar-refractivity contribution in [3.8, 4) is 0 Å². The second-order valence-electron chi connectivity index (χ2n) is 5.55. The highest BCUT2D eigenvalue weighted by Gasteiger charge is 2.33. The number of alkyl halides is 2. The standard InChI is InChI=1S/C16H17F2N3O/c1-10-6-15(20-13-5-3-2-4-12(10)13)21-8-11(9-21)16(22)19-7-14(17)18/h2-6,11,14H,7-9H2,1H3,(H,19,22). The number of anilines is 1. The summed E-state index contributed by atoms with van der Waals surface area (Å²) in [5, 5.41) is 3.37. The van der Waals surface area contributed by atoms with Gasteiger partial charge in [-0.05, 0) is 24.6 Å². The first kappa shape index (κ1) is 14.7. The fourth-order valence-corrected chi connectivity index (χ4v) is 2.65. The van der Waals surface area contributed by atoms with Crippen LogP contribution in [0.2, 0.25) is 0 Å². The van der Waals surface area contributed by atoms with Crippen molar-refractivity contribution in [2.24, 2.45) is 5.92 Å². The van der Waals surface area contributed by atoms with Gasteiger partial charge in [0.15, 0.2) is 0 Å². The zero-order valence-corrected chi connectivity index (χ0v) is 12.2. The maximum absolute atomic E-state index is 12.1. The summed E-state index contributed by atoms with van der Waals surface area (Å²) in [7, 11) is 0. The molecule has 22 heavy (non-hydrogen) atoms. The lowest BCUT2D eigenvalue weighted by Gasteiger charge is -2.39. The summed E-state index contributed by atoms with van der Waals surface area (Å²) in [4.78, 5) is 18.3. The molecule has 3 rings (SSSR count). The number of hydrogen-bond donors (Lipinski definition) is 1. The first-order valence-electron chi connectivity index (χ1n) is 7.22. The molecule has 116 valence electrons. The monoisotopic (exact) mass is 305 g/mol. The van der Waals surface area contributed by atoms with E-state index < -0.39 is 13.0 Å². The van der Waals surface area contributed by atoms with Crippen molar-refractivity contribution >= 4 is 22.6 Å². The van der Waals surface area contributed by atoms with E-state index >= 15 is 0 Å². The van der Waals surface area contributed by atoms with Crippen LogP contribution in [0.3, 0.4) is 0 Å². The van der Waals surface area contributed by atoms with Gasteiger partial charge in [0.2, 0.25) is 5.91 Å². The molecule has 2 heterocycles. The largest absolute Gasteiger partial charge is 0.355 e. The van der Waals surface area contributed by atoms with E-state index in [-0.39, 0.29) is 11.8 Å². The molecule has 0 bridgehead atoms. The first-order valence-corrected chi connectivity index (χ1v) is 7.22. The predicted octanol–water partition coefficient (Wildman–Crippen LogP) is 2.36. The molecule has 1 aromatic carbocycles. The molecule has 0 unspecified atom stereocenters. The van der Waals surface area contributed by atoms with Crippen molar-refractivity contribution in [3.05, 3.63) is 35.9 Å². The number of para-hydroxylation sites is 1. The molecular weight excluding hydrogens is 288 g/mol. The second-order valence-corrected chi connectivity index (χ2v) is 5.55. The van der Waals surface area contributed by atoms with Crippen molar-refractivity contribution in [3.63, 3.8) is 0 Å². The van der Waals surface area contributed by atoms with Gasteiger partial charge in [0, 0.05) is 18.5 Å². The molecule has 1 aliphatic rings. The number of halogens is 2. The summed E-state index contributed by atoms with van der Waals surface area (Å²) in [6.07, 6.45) is -2.51. The van der Waals surface area contributed by atoms with E-state index in [9.17, 15) is 13.6 Å². The van der Waals surface area contributed by atoms with Crippen LogP contribution in [-0.4, -0.2) is 37.0 Å². The number of rotatable bonds is 4. The highest BCUT2D eigenvalue weighted by atomic mass is 19.3. The van der Waals surface area contributed by atoms with Gasteiger partial charge in [0.1, 0.15) is 5.82 Å². The third-order valence-corrected chi connectivity index (χ3v) is 3.92. The van der Waals surface area contributed by atoms with Gasteiger partial charge < -0.3 is 10.2 Å². The maximum atomic E-state index is 12.1. The molecular formula is C16H17F2N3O. The number of fused-ring (bicyclic) bond motifs is 1. The third-order valence-electron chi connectivity index (χ3n) is 3.92. The minimum atomic E-state index is -2.51. The molecule has 1 amide bonds. The molecule has 0 aliphatic carbocycles. The number of nitrogens with one attached hydrogen (secondary N) is 1. The molecule has 0 spiro atoms. The SMILES string of the molecule is Cc1cc(N2CC(C(=O)NCC(F)F)C2)nc2ccccc12. The minimum Gasteiger partial charge on any atom is -0.355 e. The van der Waals surface area contributed by atoms with Crippen LogP contribution in [0, 0.1) is 12.8 Å². The smallest absolute Gasteiger partial charge is 0.255 e. The van der Waals surface area contributed by atoms with Crippen LogP contribution < -0.4 is 10.2 Å². The summed E-state index contributed by atoms with van der Waals surface area (Å²) in [5.74, 6) is 0.274. The number of aromatic nitrogens is 1. The van der Waals surface area contributed by atoms with Crippen molar-refractivity contribution in [1.29, 1.82) is 0 Å². The Hall–Kier alpha value is -2.24. The average Bonchev–Trinajstić information content (AvgIpc) is 2.43. The van der Waals surface area contributed by atoms with E-state index in [1.807, 2.05) is 42.2 Å². The number of hydrogen-bond acceptors (Lipinski definition) is 3. The van der Waals surface area contributed by atoms with E-state index in [4.69, 9.17) is 0 Å². The molecule has 1 aliphatic heterocycles. The average molecular weight is 305 g/mol. The molecule has 1 aromatic heterocycles. The highest BCUT2D eigenvalue weighted by Crippen LogP contribution is 2.27.